The lowest BCUT2D eigenvalue weighted by atomic mass is 10.1. The fourth-order valence-electron chi connectivity index (χ4n) is 2.77. The molecule has 0 heterocycles. The Morgan fingerprint density at radius 2 is 1.50 bits per heavy atom. The van der Waals surface area contributed by atoms with Crippen molar-refractivity contribution in [1.82, 2.24) is 10.6 Å². The third-order valence-electron chi connectivity index (χ3n) is 4.22. The van der Waals surface area contributed by atoms with Crippen LogP contribution in [0, 0.1) is 0 Å². The molecule has 32 heavy (non-hydrogen) atoms. The van der Waals surface area contributed by atoms with Crippen LogP contribution in [0.3, 0.4) is 0 Å². The van der Waals surface area contributed by atoms with Gasteiger partial charge in [-0.1, -0.05) is 18.2 Å². The number of alkyl halides is 3. The van der Waals surface area contributed by atoms with Crippen LogP contribution in [-0.4, -0.2) is 47.1 Å². The van der Waals surface area contributed by atoms with Crippen LogP contribution in [0.1, 0.15) is 11.1 Å². The van der Waals surface area contributed by atoms with E-state index in [2.05, 4.69) is 15.6 Å². The first-order valence-corrected chi connectivity index (χ1v) is 9.32. The summed E-state index contributed by atoms with van der Waals surface area (Å²) in [6.07, 6.45) is -4.40. The molecule has 0 fully saturated rings. The maximum atomic E-state index is 12.5. The smallest absolute Gasteiger partial charge is 0.422 e. The van der Waals surface area contributed by atoms with Crippen molar-refractivity contribution in [1.29, 1.82) is 0 Å². The molecule has 0 saturated heterocycles. The summed E-state index contributed by atoms with van der Waals surface area (Å²) < 4.78 is 58.3. The number of para-hydroxylation sites is 1. The number of nitrogens with one attached hydrogen (secondary N) is 2. The minimum atomic E-state index is -4.40. The van der Waals surface area contributed by atoms with Gasteiger partial charge in [0.25, 0.3) is 0 Å². The first-order chi connectivity index (χ1) is 14.8. The first-order valence-electron chi connectivity index (χ1n) is 9.32. The topological polar surface area (TPSA) is 73.3 Å². The zero-order valence-corrected chi connectivity index (χ0v) is 20.5. The number of rotatable bonds is 9. The summed E-state index contributed by atoms with van der Waals surface area (Å²) in [4.78, 5) is 4.14. The molecule has 11 heteroatoms. The molecule has 0 unspecified atom stereocenters. The molecule has 0 amide bonds. The summed E-state index contributed by atoms with van der Waals surface area (Å²) in [5, 5.41) is 6.20. The highest BCUT2D eigenvalue weighted by Crippen LogP contribution is 2.38. The van der Waals surface area contributed by atoms with Crippen LogP contribution in [0.25, 0.3) is 0 Å². The van der Waals surface area contributed by atoms with E-state index in [0.717, 1.165) is 5.56 Å². The van der Waals surface area contributed by atoms with Gasteiger partial charge in [-0.15, -0.1) is 24.0 Å². The zero-order chi connectivity index (χ0) is 22.9. The van der Waals surface area contributed by atoms with Gasteiger partial charge in [0.05, 0.1) is 21.3 Å². The third kappa shape index (κ3) is 8.17. The average Bonchev–Trinajstić information content (AvgIpc) is 2.76. The molecule has 0 spiro atoms. The van der Waals surface area contributed by atoms with Crippen molar-refractivity contribution in [3.63, 3.8) is 0 Å². The SMILES string of the molecule is CN=C(NCc1cc(OC)c(OC)c(OC)c1)NCc1ccccc1OCC(F)(F)F.I. The number of methoxy groups -OCH3 is 3. The molecule has 0 aliphatic rings. The van der Waals surface area contributed by atoms with Gasteiger partial charge in [-0.2, -0.15) is 13.2 Å². The lowest BCUT2D eigenvalue weighted by Crippen LogP contribution is -2.36. The lowest BCUT2D eigenvalue weighted by molar-refractivity contribution is -0.153. The summed E-state index contributed by atoms with van der Waals surface area (Å²) in [5.41, 5.74) is 1.42. The fraction of sp³-hybridized carbons (Fsp3) is 0.381. The number of benzene rings is 2. The number of ether oxygens (including phenoxy) is 4. The van der Waals surface area contributed by atoms with Crippen molar-refractivity contribution in [3.8, 4) is 23.0 Å². The third-order valence-corrected chi connectivity index (χ3v) is 4.22. The van der Waals surface area contributed by atoms with E-state index in [4.69, 9.17) is 18.9 Å². The van der Waals surface area contributed by atoms with Crippen LogP contribution in [0.2, 0.25) is 0 Å². The number of nitrogens with zero attached hydrogens (tertiary/aromatic N) is 1. The Bertz CT molecular complexity index is 870. The maximum absolute atomic E-state index is 12.5. The molecule has 178 valence electrons. The van der Waals surface area contributed by atoms with Crippen molar-refractivity contribution in [2.75, 3.05) is 35.0 Å². The quantitative estimate of drug-likeness (QED) is 0.269. The summed E-state index contributed by atoms with van der Waals surface area (Å²) in [7, 11) is 6.19. The Morgan fingerprint density at radius 3 is 2.03 bits per heavy atom. The highest BCUT2D eigenvalue weighted by Gasteiger charge is 2.28. The number of hydrogen-bond donors (Lipinski definition) is 2. The summed E-state index contributed by atoms with van der Waals surface area (Å²) in [6, 6.07) is 10.1. The second-order valence-electron chi connectivity index (χ2n) is 6.32. The van der Waals surface area contributed by atoms with Gasteiger partial charge >= 0.3 is 6.18 Å². The van der Waals surface area contributed by atoms with E-state index in [1.54, 1.807) is 25.2 Å². The van der Waals surface area contributed by atoms with Crippen LogP contribution in [0.15, 0.2) is 41.4 Å². The number of aliphatic imine (C=N–C) groups is 1. The summed E-state index contributed by atoms with van der Waals surface area (Å²) in [5.74, 6) is 2.16. The molecule has 0 aliphatic heterocycles. The van der Waals surface area contributed by atoms with Gasteiger partial charge in [-0.25, -0.2) is 0 Å². The van der Waals surface area contributed by atoms with Gasteiger partial charge < -0.3 is 29.6 Å². The molecular formula is C21H27F3IN3O4. The van der Waals surface area contributed by atoms with Gasteiger partial charge in [0.2, 0.25) is 5.75 Å². The average molecular weight is 569 g/mol. The number of hydrogen-bond acceptors (Lipinski definition) is 5. The molecule has 2 rings (SSSR count). The monoisotopic (exact) mass is 569 g/mol. The molecule has 2 aromatic rings. The molecule has 2 aromatic carbocycles. The molecule has 0 bridgehead atoms. The van der Waals surface area contributed by atoms with E-state index in [1.807, 2.05) is 12.1 Å². The van der Waals surface area contributed by atoms with Crippen LogP contribution in [-0.2, 0) is 13.1 Å². The molecule has 0 atom stereocenters. The van der Waals surface area contributed by atoms with E-state index in [1.165, 1.54) is 27.4 Å². The van der Waals surface area contributed by atoms with Crippen molar-refractivity contribution in [3.05, 3.63) is 47.5 Å². The Kier molecular flexibility index (Phi) is 11.2. The zero-order valence-electron chi connectivity index (χ0n) is 18.2. The first kappa shape index (κ1) is 27.5. The molecule has 0 aliphatic carbocycles. The molecule has 0 radical (unpaired) electrons. The van der Waals surface area contributed by atoms with E-state index < -0.39 is 12.8 Å². The second kappa shape index (κ2) is 13.1. The van der Waals surface area contributed by atoms with Crippen LogP contribution < -0.4 is 29.6 Å². The Balaban J connectivity index is 0.00000512. The van der Waals surface area contributed by atoms with Crippen molar-refractivity contribution >= 4 is 29.9 Å². The molecule has 7 nitrogen and oxygen atoms in total. The van der Waals surface area contributed by atoms with Crippen LogP contribution in [0.4, 0.5) is 13.2 Å². The van der Waals surface area contributed by atoms with Gasteiger partial charge in [-0.3, -0.25) is 4.99 Å². The van der Waals surface area contributed by atoms with E-state index in [0.29, 0.717) is 35.3 Å². The molecule has 2 N–H and O–H groups in total. The maximum Gasteiger partial charge on any atom is 0.422 e. The minimum Gasteiger partial charge on any atom is -0.493 e. The van der Waals surface area contributed by atoms with Gasteiger partial charge in [0, 0.05) is 25.7 Å². The van der Waals surface area contributed by atoms with Crippen LogP contribution in [0.5, 0.6) is 23.0 Å². The number of halogens is 4. The number of guanidine groups is 1. The van der Waals surface area contributed by atoms with E-state index >= 15 is 0 Å². The highest BCUT2D eigenvalue weighted by atomic mass is 127. The Labute approximate surface area is 202 Å². The Hall–Kier alpha value is -2.57. The molecular weight excluding hydrogens is 542 g/mol. The minimum absolute atomic E-state index is 0. The summed E-state index contributed by atoms with van der Waals surface area (Å²) in [6.45, 7) is -0.732. The van der Waals surface area contributed by atoms with Crippen LogP contribution >= 0.6 is 24.0 Å². The predicted molar refractivity (Wildman–Crippen MR) is 127 cm³/mol. The Morgan fingerprint density at radius 1 is 0.906 bits per heavy atom. The predicted octanol–water partition coefficient (Wildman–Crippen LogP) is 4.14. The molecule has 0 saturated carbocycles. The largest absolute Gasteiger partial charge is 0.493 e. The van der Waals surface area contributed by atoms with Gasteiger partial charge in [0.15, 0.2) is 24.1 Å². The second-order valence-corrected chi connectivity index (χ2v) is 6.32. The summed E-state index contributed by atoms with van der Waals surface area (Å²) >= 11 is 0. The van der Waals surface area contributed by atoms with E-state index in [9.17, 15) is 13.2 Å². The normalized spacial score (nSPS) is 11.3. The van der Waals surface area contributed by atoms with Crippen molar-refractivity contribution in [2.45, 2.75) is 19.3 Å². The van der Waals surface area contributed by atoms with Crippen molar-refractivity contribution < 1.29 is 32.1 Å². The van der Waals surface area contributed by atoms with Gasteiger partial charge in [-0.05, 0) is 23.8 Å². The van der Waals surface area contributed by atoms with E-state index in [-0.39, 0.29) is 36.3 Å². The van der Waals surface area contributed by atoms with Gasteiger partial charge in [0.1, 0.15) is 5.75 Å². The standard InChI is InChI=1S/C21H26F3N3O4.HI/c1-25-20(26-11-14-9-17(28-2)19(30-4)18(10-14)29-3)27-12-15-7-5-6-8-16(15)31-13-21(22,23)24;/h5-10H,11-13H2,1-4H3,(H2,25,26,27);1H. The highest BCUT2D eigenvalue weighted by molar-refractivity contribution is 14.0. The van der Waals surface area contributed by atoms with Crippen molar-refractivity contribution in [2.24, 2.45) is 4.99 Å². The fourth-order valence-corrected chi connectivity index (χ4v) is 2.77. The molecule has 0 aromatic heterocycles. The lowest BCUT2D eigenvalue weighted by Gasteiger charge is -2.17.